The second-order valence-corrected chi connectivity index (χ2v) is 7.85. The van der Waals surface area contributed by atoms with Gasteiger partial charge >= 0.3 is 0 Å². The summed E-state index contributed by atoms with van der Waals surface area (Å²) < 4.78 is 0. The fraction of sp³-hybridized carbons (Fsp3) is 0.688. The summed E-state index contributed by atoms with van der Waals surface area (Å²) in [5.74, 6) is 0.616. The number of halogens is 1. The molecule has 0 bridgehead atoms. The van der Waals surface area contributed by atoms with Crippen LogP contribution in [0.25, 0.3) is 0 Å². The van der Waals surface area contributed by atoms with E-state index in [1.165, 1.54) is 29.7 Å². The van der Waals surface area contributed by atoms with E-state index in [9.17, 15) is 4.79 Å². The first-order valence-corrected chi connectivity index (χ1v) is 8.95. The van der Waals surface area contributed by atoms with Crippen molar-refractivity contribution < 1.29 is 4.79 Å². The van der Waals surface area contributed by atoms with Gasteiger partial charge in [0, 0.05) is 23.3 Å². The molecular formula is C16H22ClNOS. The number of hydrogen-bond acceptors (Lipinski definition) is 2. The zero-order chi connectivity index (χ0) is 14.1. The fourth-order valence-corrected chi connectivity index (χ4v) is 4.63. The highest BCUT2D eigenvalue weighted by Crippen LogP contribution is 2.31. The Bertz CT molecular complexity index is 475. The molecular weight excluding hydrogens is 290 g/mol. The highest BCUT2D eigenvalue weighted by molar-refractivity contribution is 7.14. The summed E-state index contributed by atoms with van der Waals surface area (Å²) in [6.07, 6.45) is 7.10. The van der Waals surface area contributed by atoms with Crippen LogP contribution in [0.15, 0.2) is 6.07 Å². The second kappa shape index (κ2) is 6.07. The van der Waals surface area contributed by atoms with E-state index >= 15 is 0 Å². The lowest BCUT2D eigenvalue weighted by Crippen LogP contribution is -2.43. The molecule has 1 aliphatic carbocycles. The predicted octanol–water partition coefficient (Wildman–Crippen LogP) is 4.11. The number of amides is 1. The number of carbonyl (C=O) groups excluding carboxylic acids is 1. The monoisotopic (exact) mass is 311 g/mol. The van der Waals surface area contributed by atoms with Crippen LogP contribution < -0.4 is 0 Å². The van der Waals surface area contributed by atoms with Gasteiger partial charge in [-0.25, -0.2) is 0 Å². The molecule has 0 saturated carbocycles. The minimum absolute atomic E-state index is 0.221. The number of hydrogen-bond donors (Lipinski definition) is 0. The molecule has 3 rings (SSSR count). The van der Waals surface area contributed by atoms with Gasteiger partial charge in [-0.1, -0.05) is 13.3 Å². The van der Waals surface area contributed by atoms with Crippen molar-refractivity contribution in [2.75, 3.05) is 13.1 Å². The Morgan fingerprint density at radius 2 is 2.15 bits per heavy atom. The highest BCUT2D eigenvalue weighted by Gasteiger charge is 2.29. The standard InChI is InChI=1S/C16H22ClNOS/c1-11-10-18(8-7-13(11)17)16(19)15-9-12-5-3-2-4-6-14(12)20-15/h9,11,13H,2-8,10H2,1H3. The molecule has 1 fully saturated rings. The normalized spacial score (nSPS) is 27.0. The van der Waals surface area contributed by atoms with Crippen molar-refractivity contribution >= 4 is 28.8 Å². The first-order chi connectivity index (χ1) is 9.65. The van der Waals surface area contributed by atoms with Crippen molar-refractivity contribution in [3.63, 3.8) is 0 Å². The van der Waals surface area contributed by atoms with Crippen LogP contribution in [0, 0.1) is 5.92 Å². The van der Waals surface area contributed by atoms with Crippen molar-refractivity contribution in [3.8, 4) is 0 Å². The third-order valence-corrected chi connectivity index (χ3v) is 6.42. The molecule has 2 atom stereocenters. The van der Waals surface area contributed by atoms with E-state index in [4.69, 9.17) is 11.6 Å². The molecule has 0 N–H and O–H groups in total. The topological polar surface area (TPSA) is 20.3 Å². The van der Waals surface area contributed by atoms with Crippen molar-refractivity contribution in [1.82, 2.24) is 4.90 Å². The van der Waals surface area contributed by atoms with Crippen LogP contribution in [0.5, 0.6) is 0 Å². The minimum Gasteiger partial charge on any atom is -0.338 e. The summed E-state index contributed by atoms with van der Waals surface area (Å²) in [6, 6.07) is 2.16. The Morgan fingerprint density at radius 1 is 1.35 bits per heavy atom. The number of rotatable bonds is 1. The first-order valence-electron chi connectivity index (χ1n) is 7.70. The van der Waals surface area contributed by atoms with Crippen LogP contribution in [-0.4, -0.2) is 29.3 Å². The van der Waals surface area contributed by atoms with Crippen LogP contribution in [0.3, 0.4) is 0 Å². The van der Waals surface area contributed by atoms with Gasteiger partial charge < -0.3 is 4.90 Å². The first kappa shape index (κ1) is 14.4. The third kappa shape index (κ3) is 2.89. The molecule has 2 nitrogen and oxygen atoms in total. The zero-order valence-corrected chi connectivity index (χ0v) is 13.6. The Labute approximate surface area is 130 Å². The maximum atomic E-state index is 12.6. The van der Waals surface area contributed by atoms with Gasteiger partial charge in [0.25, 0.3) is 5.91 Å². The molecule has 1 aromatic heterocycles. The van der Waals surface area contributed by atoms with Gasteiger partial charge in [-0.05, 0) is 49.7 Å². The molecule has 0 radical (unpaired) electrons. The summed E-state index contributed by atoms with van der Waals surface area (Å²) in [5, 5.41) is 0.221. The molecule has 1 amide bonds. The van der Waals surface area contributed by atoms with Crippen LogP contribution >= 0.6 is 22.9 Å². The molecule has 1 aromatic rings. The Kier molecular flexibility index (Phi) is 4.37. The maximum absolute atomic E-state index is 12.6. The summed E-state index contributed by atoms with van der Waals surface area (Å²) in [4.78, 5) is 17.0. The zero-order valence-electron chi connectivity index (χ0n) is 12.0. The largest absolute Gasteiger partial charge is 0.338 e. The van der Waals surface area contributed by atoms with E-state index in [0.29, 0.717) is 5.92 Å². The van der Waals surface area contributed by atoms with Crippen molar-refractivity contribution in [3.05, 3.63) is 21.4 Å². The lowest BCUT2D eigenvalue weighted by Gasteiger charge is -2.33. The lowest BCUT2D eigenvalue weighted by atomic mass is 9.99. The van der Waals surface area contributed by atoms with Crippen LogP contribution in [0.1, 0.15) is 52.7 Å². The highest BCUT2D eigenvalue weighted by atomic mass is 35.5. The number of fused-ring (bicyclic) bond motifs is 1. The van der Waals surface area contributed by atoms with Crippen molar-refractivity contribution in [2.45, 2.75) is 50.8 Å². The Hall–Kier alpha value is -0.540. The Balaban J connectivity index is 1.74. The SMILES string of the molecule is CC1CN(C(=O)c2cc3c(s2)CCCCC3)CCC1Cl. The molecule has 1 aliphatic heterocycles. The average molecular weight is 312 g/mol. The molecule has 2 unspecified atom stereocenters. The van der Waals surface area contributed by atoms with E-state index in [-0.39, 0.29) is 11.3 Å². The van der Waals surface area contributed by atoms with E-state index in [1.54, 1.807) is 11.3 Å². The van der Waals surface area contributed by atoms with Gasteiger partial charge in [-0.15, -0.1) is 22.9 Å². The summed E-state index contributed by atoms with van der Waals surface area (Å²) in [7, 11) is 0. The molecule has 0 aromatic carbocycles. The number of carbonyl (C=O) groups is 1. The van der Waals surface area contributed by atoms with Gasteiger partial charge in [0.2, 0.25) is 0 Å². The predicted molar refractivity (Wildman–Crippen MR) is 84.9 cm³/mol. The molecule has 110 valence electrons. The van der Waals surface area contributed by atoms with Gasteiger partial charge in [-0.2, -0.15) is 0 Å². The van der Waals surface area contributed by atoms with Crippen molar-refractivity contribution in [1.29, 1.82) is 0 Å². The van der Waals surface area contributed by atoms with E-state index in [2.05, 4.69) is 13.0 Å². The summed E-state index contributed by atoms with van der Waals surface area (Å²) >= 11 is 7.98. The number of aryl methyl sites for hydroxylation is 2. The van der Waals surface area contributed by atoms with Gasteiger partial charge in [0.05, 0.1) is 4.88 Å². The maximum Gasteiger partial charge on any atom is 0.263 e. The Morgan fingerprint density at radius 3 is 2.95 bits per heavy atom. The molecule has 1 saturated heterocycles. The number of alkyl halides is 1. The van der Waals surface area contributed by atoms with Gasteiger partial charge in [-0.3, -0.25) is 4.79 Å². The van der Waals surface area contributed by atoms with Crippen LogP contribution in [-0.2, 0) is 12.8 Å². The number of likely N-dealkylation sites (tertiary alicyclic amines) is 1. The second-order valence-electron chi connectivity index (χ2n) is 6.15. The number of thiophene rings is 1. The summed E-state index contributed by atoms with van der Waals surface area (Å²) in [5.41, 5.74) is 1.43. The van der Waals surface area contributed by atoms with Crippen LogP contribution in [0.4, 0.5) is 0 Å². The van der Waals surface area contributed by atoms with Gasteiger partial charge in [0.1, 0.15) is 0 Å². The molecule has 4 heteroatoms. The minimum atomic E-state index is 0.221. The quantitative estimate of drug-likeness (QED) is 0.564. The molecule has 20 heavy (non-hydrogen) atoms. The lowest BCUT2D eigenvalue weighted by molar-refractivity contribution is 0.0692. The third-order valence-electron chi connectivity index (χ3n) is 4.55. The average Bonchev–Trinajstić information content (AvgIpc) is 2.72. The number of nitrogens with zero attached hydrogens (tertiary/aromatic N) is 1. The number of piperidine rings is 1. The fourth-order valence-electron chi connectivity index (χ4n) is 3.23. The van der Waals surface area contributed by atoms with E-state index in [0.717, 1.165) is 37.2 Å². The van der Waals surface area contributed by atoms with Crippen LogP contribution in [0.2, 0.25) is 0 Å². The van der Waals surface area contributed by atoms with E-state index < -0.39 is 0 Å². The van der Waals surface area contributed by atoms with Crippen molar-refractivity contribution in [2.24, 2.45) is 5.92 Å². The molecule has 0 spiro atoms. The van der Waals surface area contributed by atoms with Gasteiger partial charge in [0.15, 0.2) is 0 Å². The molecule has 2 aliphatic rings. The molecule has 2 heterocycles. The summed E-state index contributed by atoms with van der Waals surface area (Å²) in [6.45, 7) is 3.75. The smallest absolute Gasteiger partial charge is 0.263 e. The van der Waals surface area contributed by atoms with E-state index in [1.807, 2.05) is 4.90 Å².